The van der Waals surface area contributed by atoms with Crippen LogP contribution in [-0.2, 0) is 4.84 Å². The summed E-state index contributed by atoms with van der Waals surface area (Å²) in [6.45, 7) is -0.937. The third kappa shape index (κ3) is 5.09. The Morgan fingerprint density at radius 1 is 1.34 bits per heavy atom. The molecule has 9 nitrogen and oxygen atoms in total. The third-order valence-corrected chi connectivity index (χ3v) is 4.38. The molecule has 12 heteroatoms. The molecule has 1 atom stereocenters. The molecule has 1 amide bonds. The second-order valence-electron chi connectivity index (χ2n) is 5.65. The van der Waals surface area contributed by atoms with Gasteiger partial charge < -0.3 is 24.7 Å². The topological polar surface area (TPSA) is 126 Å². The van der Waals surface area contributed by atoms with Crippen LogP contribution in [0.1, 0.15) is 0 Å². The van der Waals surface area contributed by atoms with Gasteiger partial charge in [-0.25, -0.2) is 13.6 Å². The molecule has 0 aliphatic heterocycles. The molecule has 3 rings (SSSR count). The van der Waals surface area contributed by atoms with E-state index < -0.39 is 30.4 Å². The van der Waals surface area contributed by atoms with Crippen LogP contribution in [0.2, 0.25) is 0 Å². The Labute approximate surface area is 175 Å². The number of benzene rings is 1. The van der Waals surface area contributed by atoms with Crippen LogP contribution in [0.4, 0.5) is 25.0 Å². The fourth-order valence-corrected chi connectivity index (χ4v) is 2.65. The molecule has 0 saturated heterocycles. The number of halogens is 3. The number of nitrogens with one attached hydrogen (secondary N) is 2. The fourth-order valence-electron chi connectivity index (χ4n) is 2.22. The van der Waals surface area contributed by atoms with Gasteiger partial charge in [0.1, 0.15) is 35.6 Å². The van der Waals surface area contributed by atoms with E-state index in [0.29, 0.717) is 5.39 Å². The van der Waals surface area contributed by atoms with Gasteiger partial charge in [0.2, 0.25) is 0 Å². The molecule has 0 radical (unpaired) electrons. The molecular weight excluding hydrogens is 507 g/mol. The Hall–Kier alpha value is -2.55. The van der Waals surface area contributed by atoms with Gasteiger partial charge in [0, 0.05) is 18.5 Å². The largest absolute Gasteiger partial charge is 0.439 e. The van der Waals surface area contributed by atoms with Crippen molar-refractivity contribution in [2.75, 3.05) is 18.5 Å². The van der Waals surface area contributed by atoms with Gasteiger partial charge in [-0.2, -0.15) is 5.48 Å². The number of aliphatic hydroxyl groups is 2. The molecule has 0 aliphatic carbocycles. The average molecular weight is 521 g/mol. The number of hydrogen-bond acceptors (Lipinski definition) is 8. The number of anilines is 2. The van der Waals surface area contributed by atoms with Crippen molar-refractivity contribution in [1.29, 1.82) is 0 Å². The van der Waals surface area contributed by atoms with Crippen molar-refractivity contribution in [3.05, 3.63) is 45.8 Å². The summed E-state index contributed by atoms with van der Waals surface area (Å²) in [5.41, 5.74) is 1.99. The van der Waals surface area contributed by atoms with Gasteiger partial charge in [0.25, 0.3) is 0 Å². The predicted molar refractivity (Wildman–Crippen MR) is 105 cm³/mol. The van der Waals surface area contributed by atoms with E-state index in [2.05, 4.69) is 15.1 Å². The molecule has 0 bridgehead atoms. The minimum Gasteiger partial charge on any atom is -0.424 e. The highest BCUT2D eigenvalue weighted by molar-refractivity contribution is 14.1. The Bertz CT molecular complexity index is 1030. The van der Waals surface area contributed by atoms with Crippen LogP contribution in [0.25, 0.3) is 11.0 Å². The van der Waals surface area contributed by atoms with Crippen LogP contribution in [0.15, 0.2) is 35.0 Å². The van der Waals surface area contributed by atoms with Crippen molar-refractivity contribution in [3.63, 3.8) is 0 Å². The van der Waals surface area contributed by atoms with Gasteiger partial charge in [-0.15, -0.1) is 0 Å². The lowest BCUT2D eigenvalue weighted by molar-refractivity contribution is -0.0297. The zero-order valence-electron chi connectivity index (χ0n) is 14.5. The molecule has 0 fully saturated rings. The molecule has 3 aromatic rings. The summed E-state index contributed by atoms with van der Waals surface area (Å²) in [5.74, 6) is -1.72. The van der Waals surface area contributed by atoms with Crippen molar-refractivity contribution in [1.82, 2.24) is 10.5 Å². The minimum atomic E-state index is -1.19. The quantitative estimate of drug-likeness (QED) is 0.213. The van der Waals surface area contributed by atoms with Crippen molar-refractivity contribution in [3.8, 4) is 5.95 Å². The molecule has 1 aromatic carbocycles. The van der Waals surface area contributed by atoms with Crippen LogP contribution < -0.4 is 15.5 Å². The summed E-state index contributed by atoms with van der Waals surface area (Å²) >= 11 is 1.66. The fraction of sp³-hybridized carbons (Fsp3) is 0.176. The molecule has 2 aromatic heterocycles. The minimum absolute atomic E-state index is 0.0400. The lowest BCUT2D eigenvalue weighted by Crippen LogP contribution is -2.31. The average Bonchev–Trinajstić information content (AvgIpc) is 3.03. The number of nitrogens with zero attached hydrogens (tertiary/aromatic N) is 1. The highest BCUT2D eigenvalue weighted by Crippen LogP contribution is 2.39. The maximum absolute atomic E-state index is 14.2. The highest BCUT2D eigenvalue weighted by Gasteiger charge is 2.21. The van der Waals surface area contributed by atoms with E-state index in [1.807, 2.05) is 5.48 Å². The first-order valence-corrected chi connectivity index (χ1v) is 9.13. The number of furan rings is 1. The van der Waals surface area contributed by atoms with E-state index in [4.69, 9.17) is 19.4 Å². The van der Waals surface area contributed by atoms with Gasteiger partial charge in [-0.1, -0.05) is 0 Å². The lowest BCUT2D eigenvalue weighted by Gasteiger charge is -2.10. The zero-order chi connectivity index (χ0) is 21.0. The van der Waals surface area contributed by atoms with Gasteiger partial charge in [0.15, 0.2) is 0 Å². The molecule has 0 spiro atoms. The van der Waals surface area contributed by atoms with E-state index in [-0.39, 0.29) is 33.1 Å². The van der Waals surface area contributed by atoms with Crippen LogP contribution in [-0.4, -0.2) is 40.6 Å². The van der Waals surface area contributed by atoms with E-state index >= 15 is 0 Å². The van der Waals surface area contributed by atoms with Crippen LogP contribution in [0, 0.1) is 15.2 Å². The number of rotatable bonds is 7. The second-order valence-corrected chi connectivity index (χ2v) is 6.81. The molecule has 154 valence electrons. The van der Waals surface area contributed by atoms with E-state index in [9.17, 15) is 13.6 Å². The number of aliphatic hydroxyl groups excluding tert-OH is 2. The standard InChI is InChI=1S/C17H14F2IN3O6/c18-10-4-13(11(19)3-12(10)20)22-15-9-5-21-2-1-14(9)28-16(15)29-17(26)23-27-7-8(25)6-24/h1-5,8,22,24-25H,6-7H2,(H,23,26)/t8-/m1/s1. The van der Waals surface area contributed by atoms with Gasteiger partial charge in [-0.05, 0) is 34.7 Å². The second kappa shape index (κ2) is 9.30. The third-order valence-electron chi connectivity index (χ3n) is 3.55. The Balaban J connectivity index is 1.85. The molecule has 0 saturated carbocycles. The summed E-state index contributed by atoms with van der Waals surface area (Å²) in [5, 5.41) is 20.9. The molecule has 2 heterocycles. The predicted octanol–water partition coefficient (Wildman–Crippen LogP) is 2.83. The Morgan fingerprint density at radius 2 is 2.14 bits per heavy atom. The van der Waals surface area contributed by atoms with E-state index in [1.165, 1.54) is 18.5 Å². The van der Waals surface area contributed by atoms with Crippen LogP contribution in [0.3, 0.4) is 0 Å². The number of carbonyl (C=O) groups excluding carboxylic acids is 1. The number of hydrogen-bond donors (Lipinski definition) is 4. The number of carbonyl (C=O) groups is 1. The Morgan fingerprint density at radius 3 is 2.90 bits per heavy atom. The van der Waals surface area contributed by atoms with Gasteiger partial charge >= 0.3 is 12.0 Å². The van der Waals surface area contributed by atoms with Crippen molar-refractivity contribution >= 4 is 51.0 Å². The summed E-state index contributed by atoms with van der Waals surface area (Å²) < 4.78 is 38.6. The number of amides is 1. The van der Waals surface area contributed by atoms with Crippen molar-refractivity contribution < 1.29 is 37.8 Å². The molecule has 0 unspecified atom stereocenters. The molecule has 0 aliphatic rings. The van der Waals surface area contributed by atoms with Crippen molar-refractivity contribution in [2.24, 2.45) is 0 Å². The first-order chi connectivity index (χ1) is 13.9. The van der Waals surface area contributed by atoms with Crippen molar-refractivity contribution in [2.45, 2.75) is 6.10 Å². The summed E-state index contributed by atoms with van der Waals surface area (Å²) in [6, 6.07) is 3.45. The zero-order valence-corrected chi connectivity index (χ0v) is 16.6. The molecule has 29 heavy (non-hydrogen) atoms. The number of aromatic nitrogens is 1. The number of ether oxygens (including phenoxy) is 1. The number of fused-ring (bicyclic) bond motifs is 1. The smallest absolute Gasteiger partial charge is 0.424 e. The van der Waals surface area contributed by atoms with Crippen LogP contribution in [0.5, 0.6) is 5.95 Å². The monoisotopic (exact) mass is 521 g/mol. The first kappa shape index (κ1) is 21.2. The van der Waals surface area contributed by atoms with E-state index in [0.717, 1.165) is 12.1 Å². The maximum atomic E-state index is 14.2. The number of hydroxylamine groups is 1. The summed E-state index contributed by atoms with van der Waals surface area (Å²) in [7, 11) is 0. The Kier molecular flexibility index (Phi) is 6.79. The molecule has 4 N–H and O–H groups in total. The van der Waals surface area contributed by atoms with E-state index in [1.54, 1.807) is 22.6 Å². The van der Waals surface area contributed by atoms with Crippen LogP contribution >= 0.6 is 22.6 Å². The van der Waals surface area contributed by atoms with Gasteiger partial charge in [-0.3, -0.25) is 9.82 Å². The van der Waals surface area contributed by atoms with Gasteiger partial charge in [0.05, 0.1) is 21.3 Å². The SMILES string of the molecule is O=C(NOC[C@H](O)CO)Oc1oc2ccncc2c1Nc1cc(F)c(I)cc1F. The first-order valence-electron chi connectivity index (χ1n) is 8.05. The number of pyridine rings is 1. The molecular formula is C17H14F2IN3O6. The lowest BCUT2D eigenvalue weighted by atomic mass is 10.2. The normalized spacial score (nSPS) is 12.0. The highest BCUT2D eigenvalue weighted by atomic mass is 127. The maximum Gasteiger partial charge on any atom is 0.439 e. The summed E-state index contributed by atoms with van der Waals surface area (Å²) in [6.07, 6.45) is 0.522. The summed E-state index contributed by atoms with van der Waals surface area (Å²) in [4.78, 5) is 20.5.